The number of hydrogen-bond acceptors (Lipinski definition) is 1. The number of aliphatic imine (C=N–C) groups is 1. The van der Waals surface area contributed by atoms with Gasteiger partial charge in [0.1, 0.15) is 5.17 Å². The van der Waals surface area contributed by atoms with Crippen LogP contribution in [-0.4, -0.2) is 11.7 Å². The molecule has 0 bridgehead atoms. The van der Waals surface area contributed by atoms with Gasteiger partial charge in [0.25, 0.3) is 0 Å². The Labute approximate surface area is 77.1 Å². The van der Waals surface area contributed by atoms with E-state index in [1.807, 2.05) is 12.1 Å². The quantitative estimate of drug-likeness (QED) is 0.581. The summed E-state index contributed by atoms with van der Waals surface area (Å²) in [4.78, 5) is 4.19. The zero-order chi connectivity index (χ0) is 8.55. The summed E-state index contributed by atoms with van der Waals surface area (Å²) in [7, 11) is 0. The highest BCUT2D eigenvalue weighted by molar-refractivity contribution is 6.69. The second-order valence-corrected chi connectivity index (χ2v) is 3.38. The summed E-state index contributed by atoms with van der Waals surface area (Å²) in [6.07, 6.45) is 1.03. The second-order valence-electron chi connectivity index (χ2n) is 3.02. The number of halogens is 1. The Morgan fingerprint density at radius 3 is 3.00 bits per heavy atom. The Bertz CT molecular complexity index is 342. The van der Waals surface area contributed by atoms with Crippen molar-refractivity contribution in [3.05, 3.63) is 34.9 Å². The van der Waals surface area contributed by atoms with Crippen molar-refractivity contribution < 1.29 is 0 Å². The van der Waals surface area contributed by atoms with Gasteiger partial charge >= 0.3 is 0 Å². The normalized spacial score (nSPS) is 15.3. The Hall–Kier alpha value is -0.820. The number of benzene rings is 1. The fourth-order valence-corrected chi connectivity index (χ4v) is 1.84. The Kier molecular flexibility index (Phi) is 1.89. The Balaban J connectivity index is 2.62. The molecule has 1 aromatic rings. The summed E-state index contributed by atoms with van der Waals surface area (Å²) in [6.45, 7) is 2.95. The van der Waals surface area contributed by atoms with E-state index in [9.17, 15) is 0 Å². The van der Waals surface area contributed by atoms with Crippen LogP contribution in [-0.2, 0) is 6.42 Å². The lowest BCUT2D eigenvalue weighted by Crippen LogP contribution is -2.09. The first-order valence-corrected chi connectivity index (χ1v) is 4.45. The van der Waals surface area contributed by atoms with Crippen molar-refractivity contribution in [3.63, 3.8) is 0 Å². The van der Waals surface area contributed by atoms with E-state index in [1.165, 1.54) is 11.1 Å². The van der Waals surface area contributed by atoms with Crippen LogP contribution in [0.2, 0.25) is 0 Å². The van der Waals surface area contributed by atoms with Crippen LogP contribution < -0.4 is 0 Å². The van der Waals surface area contributed by atoms with Gasteiger partial charge in [-0.25, -0.2) is 0 Å². The molecule has 0 saturated carbocycles. The van der Waals surface area contributed by atoms with Gasteiger partial charge in [-0.2, -0.15) is 0 Å². The molecule has 1 nitrogen and oxygen atoms in total. The van der Waals surface area contributed by atoms with Crippen molar-refractivity contribution in [2.75, 3.05) is 6.54 Å². The minimum absolute atomic E-state index is 0.667. The van der Waals surface area contributed by atoms with Gasteiger partial charge in [-0.1, -0.05) is 29.8 Å². The van der Waals surface area contributed by atoms with E-state index in [0.717, 1.165) is 18.5 Å². The molecule has 0 radical (unpaired) electrons. The maximum atomic E-state index is 5.97. The van der Waals surface area contributed by atoms with Gasteiger partial charge in [0.2, 0.25) is 0 Å². The number of fused-ring (bicyclic) bond motifs is 1. The minimum Gasteiger partial charge on any atom is -0.272 e. The van der Waals surface area contributed by atoms with Gasteiger partial charge in [0, 0.05) is 12.1 Å². The van der Waals surface area contributed by atoms with Crippen LogP contribution in [0.3, 0.4) is 0 Å². The molecule has 0 aliphatic carbocycles. The second kappa shape index (κ2) is 2.91. The predicted octanol–water partition coefficient (Wildman–Crippen LogP) is 2.54. The molecule has 0 unspecified atom stereocenters. The van der Waals surface area contributed by atoms with E-state index >= 15 is 0 Å². The third kappa shape index (κ3) is 1.14. The Morgan fingerprint density at radius 2 is 2.25 bits per heavy atom. The standard InChI is InChI=1S/C10H10ClN/c1-7-3-2-4-9-8(7)5-6-12-10(9)11/h2-4H,5-6H2,1H3. The highest BCUT2D eigenvalue weighted by Gasteiger charge is 2.12. The summed E-state index contributed by atoms with van der Waals surface area (Å²) < 4.78 is 0. The van der Waals surface area contributed by atoms with Crippen LogP contribution in [0.25, 0.3) is 0 Å². The molecular weight excluding hydrogens is 170 g/mol. The van der Waals surface area contributed by atoms with Crippen molar-refractivity contribution in [2.24, 2.45) is 4.99 Å². The van der Waals surface area contributed by atoms with Crippen LogP contribution in [0.15, 0.2) is 23.2 Å². The minimum atomic E-state index is 0.667. The van der Waals surface area contributed by atoms with Gasteiger partial charge in [0.15, 0.2) is 0 Å². The zero-order valence-corrected chi connectivity index (χ0v) is 7.73. The smallest absolute Gasteiger partial charge is 0.131 e. The van der Waals surface area contributed by atoms with Crippen molar-refractivity contribution in [2.45, 2.75) is 13.3 Å². The van der Waals surface area contributed by atoms with Crippen LogP contribution >= 0.6 is 11.6 Å². The third-order valence-corrected chi connectivity index (χ3v) is 2.57. The van der Waals surface area contributed by atoms with Crippen molar-refractivity contribution in [1.29, 1.82) is 0 Å². The molecule has 0 amide bonds. The highest BCUT2D eigenvalue weighted by atomic mass is 35.5. The van der Waals surface area contributed by atoms with Gasteiger partial charge in [0.05, 0.1) is 0 Å². The lowest BCUT2D eigenvalue weighted by atomic mass is 9.98. The fourth-order valence-electron chi connectivity index (χ4n) is 1.58. The van der Waals surface area contributed by atoms with E-state index in [-0.39, 0.29) is 0 Å². The molecule has 0 atom stereocenters. The molecule has 62 valence electrons. The van der Waals surface area contributed by atoms with E-state index < -0.39 is 0 Å². The van der Waals surface area contributed by atoms with Crippen LogP contribution in [0.1, 0.15) is 16.7 Å². The molecule has 1 aliphatic rings. The van der Waals surface area contributed by atoms with Crippen molar-refractivity contribution in [1.82, 2.24) is 0 Å². The predicted molar refractivity (Wildman–Crippen MR) is 52.1 cm³/mol. The number of aryl methyl sites for hydroxylation is 1. The van der Waals surface area contributed by atoms with Gasteiger partial charge < -0.3 is 0 Å². The maximum absolute atomic E-state index is 5.97. The average molecular weight is 180 g/mol. The zero-order valence-electron chi connectivity index (χ0n) is 6.97. The fraction of sp³-hybridized carbons (Fsp3) is 0.300. The molecule has 0 saturated heterocycles. The monoisotopic (exact) mass is 179 g/mol. The molecule has 2 heteroatoms. The molecule has 0 N–H and O–H groups in total. The first kappa shape index (κ1) is 7.81. The van der Waals surface area contributed by atoms with Crippen molar-refractivity contribution >= 4 is 16.8 Å². The maximum Gasteiger partial charge on any atom is 0.131 e. The molecule has 0 fully saturated rings. The largest absolute Gasteiger partial charge is 0.272 e. The molecule has 12 heavy (non-hydrogen) atoms. The number of rotatable bonds is 0. The van der Waals surface area contributed by atoms with Gasteiger partial charge in [-0.05, 0) is 24.5 Å². The summed E-state index contributed by atoms with van der Waals surface area (Å²) >= 11 is 5.97. The molecule has 2 rings (SSSR count). The highest BCUT2D eigenvalue weighted by Crippen LogP contribution is 2.20. The lowest BCUT2D eigenvalue weighted by Gasteiger charge is -2.14. The van der Waals surface area contributed by atoms with Crippen LogP contribution in [0.5, 0.6) is 0 Å². The average Bonchev–Trinajstić information content (AvgIpc) is 2.07. The topological polar surface area (TPSA) is 12.4 Å². The number of nitrogens with zero attached hydrogens (tertiary/aromatic N) is 1. The summed E-state index contributed by atoms with van der Waals surface area (Å²) in [5.41, 5.74) is 3.79. The lowest BCUT2D eigenvalue weighted by molar-refractivity contribution is 0.938. The summed E-state index contributed by atoms with van der Waals surface area (Å²) in [6, 6.07) is 6.18. The van der Waals surface area contributed by atoms with Crippen LogP contribution in [0.4, 0.5) is 0 Å². The van der Waals surface area contributed by atoms with E-state index in [4.69, 9.17) is 11.6 Å². The summed E-state index contributed by atoms with van der Waals surface area (Å²) in [5.74, 6) is 0. The van der Waals surface area contributed by atoms with Crippen molar-refractivity contribution in [3.8, 4) is 0 Å². The molecular formula is C10H10ClN. The Morgan fingerprint density at radius 1 is 1.42 bits per heavy atom. The first-order chi connectivity index (χ1) is 5.79. The molecule has 0 spiro atoms. The molecule has 0 aromatic heterocycles. The van der Waals surface area contributed by atoms with E-state index in [0.29, 0.717) is 5.17 Å². The SMILES string of the molecule is Cc1cccc2c1CCN=C2Cl. The van der Waals surface area contributed by atoms with Gasteiger partial charge in [-0.3, -0.25) is 4.99 Å². The van der Waals surface area contributed by atoms with E-state index in [2.05, 4.69) is 18.0 Å². The van der Waals surface area contributed by atoms with E-state index in [1.54, 1.807) is 0 Å². The molecule has 1 aromatic carbocycles. The number of hydrogen-bond donors (Lipinski definition) is 0. The first-order valence-electron chi connectivity index (χ1n) is 4.08. The third-order valence-electron chi connectivity index (χ3n) is 2.24. The van der Waals surface area contributed by atoms with Crippen LogP contribution in [0, 0.1) is 6.92 Å². The molecule has 1 heterocycles. The molecule has 1 aliphatic heterocycles. The van der Waals surface area contributed by atoms with Gasteiger partial charge in [-0.15, -0.1) is 0 Å². The summed E-state index contributed by atoms with van der Waals surface area (Å²) in [5, 5.41) is 0.667.